The molecule has 0 aliphatic carbocycles. The summed E-state index contributed by atoms with van der Waals surface area (Å²) in [4.78, 5) is 19.1. The Morgan fingerprint density at radius 2 is 2.25 bits per heavy atom. The van der Waals surface area contributed by atoms with E-state index >= 15 is 0 Å². The van der Waals surface area contributed by atoms with E-state index in [0.717, 1.165) is 0 Å². The van der Waals surface area contributed by atoms with Crippen LogP contribution in [-0.2, 0) is 11.2 Å². The molecule has 1 N–H and O–H groups in total. The fourth-order valence-corrected chi connectivity index (χ4v) is 1.40. The normalized spacial score (nSPS) is 12.4. The van der Waals surface area contributed by atoms with Gasteiger partial charge in [0.2, 0.25) is 0 Å². The van der Waals surface area contributed by atoms with Gasteiger partial charge in [-0.1, -0.05) is 6.92 Å². The second-order valence-electron chi connectivity index (χ2n) is 3.34. The molecule has 1 unspecified atom stereocenters. The Morgan fingerprint density at radius 3 is 2.75 bits per heavy atom. The zero-order valence-electron chi connectivity index (χ0n) is 9.73. The average Bonchev–Trinajstić information content (AvgIpc) is 2.28. The summed E-state index contributed by atoms with van der Waals surface area (Å²) in [5.41, 5.74) is 0.707. The highest BCUT2D eigenvalue weighted by Crippen LogP contribution is 2.14. The molecule has 0 amide bonds. The van der Waals surface area contributed by atoms with Crippen molar-refractivity contribution in [2.45, 2.75) is 33.3 Å². The van der Waals surface area contributed by atoms with Gasteiger partial charge in [0.15, 0.2) is 5.82 Å². The van der Waals surface area contributed by atoms with Crippen molar-refractivity contribution >= 4 is 5.97 Å². The number of aryl methyl sites for hydroxylation is 1. The third-order valence-electron chi connectivity index (χ3n) is 2.23. The van der Waals surface area contributed by atoms with Crippen molar-refractivity contribution in [1.29, 1.82) is 0 Å². The topological polar surface area (TPSA) is 72.3 Å². The summed E-state index contributed by atoms with van der Waals surface area (Å²) in [6.07, 6.45) is 1.70. The zero-order valence-corrected chi connectivity index (χ0v) is 9.73. The van der Waals surface area contributed by atoms with Gasteiger partial charge in [0.25, 0.3) is 0 Å². The Kier molecular flexibility index (Phi) is 4.37. The molecule has 1 atom stereocenters. The van der Waals surface area contributed by atoms with Crippen LogP contribution in [0.15, 0.2) is 6.20 Å². The lowest BCUT2D eigenvalue weighted by Crippen LogP contribution is -2.11. The van der Waals surface area contributed by atoms with Crippen LogP contribution in [0.25, 0.3) is 0 Å². The highest BCUT2D eigenvalue weighted by atomic mass is 16.5. The van der Waals surface area contributed by atoms with Gasteiger partial charge >= 0.3 is 5.97 Å². The Hall–Kier alpha value is -1.49. The fraction of sp³-hybridized carbons (Fsp3) is 0.545. The van der Waals surface area contributed by atoms with Crippen molar-refractivity contribution in [1.82, 2.24) is 9.97 Å². The summed E-state index contributed by atoms with van der Waals surface area (Å²) >= 11 is 0. The minimum absolute atomic E-state index is 0.162. The fourth-order valence-electron chi connectivity index (χ4n) is 1.40. The molecule has 0 aromatic carbocycles. The molecule has 0 saturated carbocycles. The van der Waals surface area contributed by atoms with Gasteiger partial charge in [0.05, 0.1) is 11.3 Å². The Bertz CT molecular complexity index is 379. The second-order valence-corrected chi connectivity index (χ2v) is 3.34. The van der Waals surface area contributed by atoms with Crippen molar-refractivity contribution in [2.24, 2.45) is 0 Å². The number of carboxylic acids is 1. The van der Waals surface area contributed by atoms with Gasteiger partial charge < -0.3 is 9.84 Å². The second kappa shape index (κ2) is 5.55. The van der Waals surface area contributed by atoms with Crippen LogP contribution in [0, 0.1) is 0 Å². The number of ether oxygens (including phenoxy) is 1. The Balaban J connectivity index is 3.03. The van der Waals surface area contributed by atoms with E-state index in [9.17, 15) is 4.79 Å². The minimum Gasteiger partial charge on any atom is -0.478 e. The van der Waals surface area contributed by atoms with E-state index in [1.807, 2.05) is 20.8 Å². The van der Waals surface area contributed by atoms with Gasteiger partial charge in [-0.3, -0.25) is 0 Å². The smallest absolute Gasteiger partial charge is 0.339 e. The van der Waals surface area contributed by atoms with Crippen LogP contribution in [0.4, 0.5) is 0 Å². The van der Waals surface area contributed by atoms with Crippen LogP contribution in [0.1, 0.15) is 48.8 Å². The molecule has 0 fully saturated rings. The van der Waals surface area contributed by atoms with Crippen molar-refractivity contribution in [3.05, 3.63) is 23.3 Å². The first kappa shape index (κ1) is 12.6. The van der Waals surface area contributed by atoms with Gasteiger partial charge in [-0.2, -0.15) is 0 Å². The van der Waals surface area contributed by atoms with Gasteiger partial charge in [0, 0.05) is 12.8 Å². The number of hydrogen-bond donors (Lipinski definition) is 1. The molecular formula is C11H16N2O3. The van der Waals surface area contributed by atoms with E-state index in [-0.39, 0.29) is 11.7 Å². The summed E-state index contributed by atoms with van der Waals surface area (Å²) in [6, 6.07) is 0. The van der Waals surface area contributed by atoms with Crippen LogP contribution in [0.5, 0.6) is 0 Å². The molecular weight excluding hydrogens is 208 g/mol. The lowest BCUT2D eigenvalue weighted by Gasteiger charge is -2.11. The number of carboxylic acid groups (broad SMARTS) is 1. The predicted molar refractivity (Wildman–Crippen MR) is 58.4 cm³/mol. The van der Waals surface area contributed by atoms with E-state index < -0.39 is 5.97 Å². The maximum absolute atomic E-state index is 10.9. The Labute approximate surface area is 94.5 Å². The first-order valence-corrected chi connectivity index (χ1v) is 5.30. The van der Waals surface area contributed by atoms with E-state index in [1.165, 1.54) is 6.20 Å². The van der Waals surface area contributed by atoms with Crippen molar-refractivity contribution < 1.29 is 14.6 Å². The van der Waals surface area contributed by atoms with Crippen molar-refractivity contribution in [3.8, 4) is 0 Å². The van der Waals surface area contributed by atoms with Crippen molar-refractivity contribution in [2.75, 3.05) is 6.61 Å². The summed E-state index contributed by atoms with van der Waals surface area (Å²) in [7, 11) is 0. The van der Waals surface area contributed by atoms with Crippen molar-refractivity contribution in [3.63, 3.8) is 0 Å². The standard InChI is InChI=1S/C11H16N2O3/c1-4-9-8(11(14)15)6-12-10(13-9)7(3)16-5-2/h6-7H,4-5H2,1-3H3,(H,14,15). The van der Waals surface area contributed by atoms with Crippen LogP contribution in [-0.4, -0.2) is 27.7 Å². The Morgan fingerprint density at radius 1 is 1.56 bits per heavy atom. The summed E-state index contributed by atoms with van der Waals surface area (Å²) < 4.78 is 5.36. The molecule has 88 valence electrons. The highest BCUT2D eigenvalue weighted by Gasteiger charge is 2.15. The summed E-state index contributed by atoms with van der Waals surface area (Å²) in [5, 5.41) is 8.92. The van der Waals surface area contributed by atoms with Gasteiger partial charge in [-0.25, -0.2) is 14.8 Å². The zero-order chi connectivity index (χ0) is 12.1. The highest BCUT2D eigenvalue weighted by molar-refractivity contribution is 5.88. The number of nitrogens with zero attached hydrogens (tertiary/aromatic N) is 2. The maximum atomic E-state index is 10.9. The first-order valence-electron chi connectivity index (χ1n) is 5.30. The van der Waals surface area contributed by atoms with Gasteiger partial charge in [-0.15, -0.1) is 0 Å². The average molecular weight is 224 g/mol. The van der Waals surface area contributed by atoms with Gasteiger partial charge in [-0.05, 0) is 20.3 Å². The molecule has 0 saturated heterocycles. The number of aromatic carboxylic acids is 1. The molecule has 1 aromatic heterocycles. The van der Waals surface area contributed by atoms with E-state index in [2.05, 4.69) is 9.97 Å². The molecule has 1 heterocycles. The first-order chi connectivity index (χ1) is 7.60. The molecule has 0 bridgehead atoms. The molecule has 1 rings (SSSR count). The third kappa shape index (κ3) is 2.76. The lowest BCUT2D eigenvalue weighted by atomic mass is 10.2. The van der Waals surface area contributed by atoms with Gasteiger partial charge in [0.1, 0.15) is 6.10 Å². The number of hydrogen-bond acceptors (Lipinski definition) is 4. The van der Waals surface area contributed by atoms with E-state index in [4.69, 9.17) is 9.84 Å². The predicted octanol–water partition coefficient (Wildman–Crippen LogP) is 1.83. The molecule has 0 spiro atoms. The molecule has 1 aromatic rings. The molecule has 0 radical (unpaired) electrons. The number of aromatic nitrogens is 2. The minimum atomic E-state index is -0.993. The molecule has 16 heavy (non-hydrogen) atoms. The maximum Gasteiger partial charge on any atom is 0.339 e. The van der Waals surface area contributed by atoms with Crippen LogP contribution < -0.4 is 0 Å². The molecule has 5 heteroatoms. The van der Waals surface area contributed by atoms with Crippen LogP contribution >= 0.6 is 0 Å². The monoisotopic (exact) mass is 224 g/mol. The summed E-state index contributed by atoms with van der Waals surface area (Å²) in [6.45, 7) is 6.18. The summed E-state index contributed by atoms with van der Waals surface area (Å²) in [5.74, 6) is -0.462. The van der Waals surface area contributed by atoms with Crippen LogP contribution in [0.3, 0.4) is 0 Å². The third-order valence-corrected chi connectivity index (χ3v) is 2.23. The molecule has 5 nitrogen and oxygen atoms in total. The number of rotatable bonds is 5. The van der Waals surface area contributed by atoms with Crippen LogP contribution in [0.2, 0.25) is 0 Å². The SMILES string of the molecule is CCOC(C)c1ncc(C(=O)O)c(CC)n1. The molecule has 0 aliphatic heterocycles. The largest absolute Gasteiger partial charge is 0.478 e. The molecule has 0 aliphatic rings. The number of carbonyl (C=O) groups is 1. The van der Waals surface area contributed by atoms with E-state index in [1.54, 1.807) is 0 Å². The van der Waals surface area contributed by atoms with E-state index in [0.29, 0.717) is 24.5 Å². The lowest BCUT2D eigenvalue weighted by molar-refractivity contribution is 0.0672. The quantitative estimate of drug-likeness (QED) is 0.826.